The molecule has 0 aromatic carbocycles. The molecule has 2 heteroatoms. The van der Waals surface area contributed by atoms with Crippen molar-refractivity contribution in [2.45, 2.75) is 31.9 Å². The van der Waals surface area contributed by atoms with Crippen LogP contribution >= 0.6 is 12.6 Å². The third-order valence-electron chi connectivity index (χ3n) is 0.984. The van der Waals surface area contributed by atoms with Crippen molar-refractivity contribution < 1.29 is 0 Å². The summed E-state index contributed by atoms with van der Waals surface area (Å²) in [5, 5.41) is 3.30. The molecule has 1 N–H and O–H groups in total. The van der Waals surface area contributed by atoms with Crippen LogP contribution in [0.2, 0.25) is 0 Å². The Morgan fingerprint density at radius 1 is 1.44 bits per heavy atom. The maximum atomic E-state index is 4.37. The van der Waals surface area contributed by atoms with Gasteiger partial charge in [0.15, 0.2) is 0 Å². The van der Waals surface area contributed by atoms with Crippen LogP contribution in [0.1, 0.15) is 27.2 Å². The number of hydrogen-bond donors (Lipinski definition) is 2. The minimum Gasteiger partial charge on any atom is -0.315 e. The third kappa shape index (κ3) is 8.31. The summed E-state index contributed by atoms with van der Waals surface area (Å²) in [6, 6.07) is 0. The van der Waals surface area contributed by atoms with Gasteiger partial charge in [0.25, 0.3) is 0 Å². The first-order chi connectivity index (χ1) is 4.06. The Morgan fingerprint density at radius 2 is 2.00 bits per heavy atom. The Bertz CT molecular complexity index is 65.8. The van der Waals surface area contributed by atoms with Crippen molar-refractivity contribution in [3.63, 3.8) is 0 Å². The van der Waals surface area contributed by atoms with Gasteiger partial charge in [-0.25, -0.2) is 0 Å². The van der Waals surface area contributed by atoms with Crippen molar-refractivity contribution >= 4 is 12.6 Å². The van der Waals surface area contributed by atoms with Gasteiger partial charge in [0.05, 0.1) is 0 Å². The lowest BCUT2D eigenvalue weighted by Crippen LogP contribution is -2.30. The van der Waals surface area contributed by atoms with Crippen molar-refractivity contribution in [2.75, 3.05) is 13.1 Å². The molecule has 0 saturated heterocycles. The Kier molecular flexibility index (Phi) is 4.32. The maximum absolute atomic E-state index is 4.37. The predicted octanol–water partition coefficient (Wildman–Crippen LogP) is 1.69. The number of rotatable bonds is 4. The molecule has 0 aliphatic rings. The molecule has 0 spiro atoms. The van der Waals surface area contributed by atoms with Gasteiger partial charge in [0.1, 0.15) is 0 Å². The number of nitrogens with one attached hydrogen (secondary N) is 1. The Balaban J connectivity index is 3.07. The summed E-state index contributed by atoms with van der Waals surface area (Å²) >= 11 is 4.37. The molecule has 0 aromatic heterocycles. The molecule has 0 rings (SSSR count). The Morgan fingerprint density at radius 3 is 2.33 bits per heavy atom. The van der Waals surface area contributed by atoms with Crippen molar-refractivity contribution in [3.05, 3.63) is 0 Å². The monoisotopic (exact) mass is 147 g/mol. The van der Waals surface area contributed by atoms with Gasteiger partial charge >= 0.3 is 0 Å². The largest absolute Gasteiger partial charge is 0.315 e. The standard InChI is InChI=1S/C7H17NS/c1-4-5-8-6-7(2,3)9/h8-9H,4-6H2,1-3H3. The average molecular weight is 147 g/mol. The molecule has 0 aliphatic carbocycles. The van der Waals surface area contributed by atoms with Crippen LogP contribution < -0.4 is 5.32 Å². The molecule has 0 saturated carbocycles. The summed E-state index contributed by atoms with van der Waals surface area (Å²) in [6.07, 6.45) is 1.20. The fraction of sp³-hybridized carbons (Fsp3) is 1.00. The van der Waals surface area contributed by atoms with E-state index in [0.29, 0.717) is 0 Å². The fourth-order valence-electron chi connectivity index (χ4n) is 0.571. The van der Waals surface area contributed by atoms with E-state index in [-0.39, 0.29) is 4.75 Å². The number of thiol groups is 1. The predicted molar refractivity (Wildman–Crippen MR) is 46.2 cm³/mol. The molecule has 1 nitrogen and oxygen atoms in total. The van der Waals surface area contributed by atoms with E-state index in [1.165, 1.54) is 6.42 Å². The zero-order valence-corrected chi connectivity index (χ0v) is 7.46. The smallest absolute Gasteiger partial charge is 0.0198 e. The Hall–Kier alpha value is 0.310. The molecule has 0 fully saturated rings. The molecular weight excluding hydrogens is 130 g/mol. The van der Waals surface area contributed by atoms with Crippen LogP contribution in [0.5, 0.6) is 0 Å². The minimum absolute atomic E-state index is 0.134. The molecule has 0 bridgehead atoms. The summed E-state index contributed by atoms with van der Waals surface area (Å²) in [4.78, 5) is 0. The Labute approximate surface area is 63.6 Å². The van der Waals surface area contributed by atoms with Gasteiger partial charge in [-0.2, -0.15) is 12.6 Å². The van der Waals surface area contributed by atoms with Gasteiger partial charge in [-0.3, -0.25) is 0 Å². The average Bonchev–Trinajstić information content (AvgIpc) is 1.63. The van der Waals surface area contributed by atoms with Crippen LogP contribution in [-0.2, 0) is 0 Å². The third-order valence-corrected chi connectivity index (χ3v) is 1.14. The van der Waals surface area contributed by atoms with Crippen LogP contribution in [0.25, 0.3) is 0 Å². The highest BCUT2D eigenvalue weighted by atomic mass is 32.1. The van der Waals surface area contributed by atoms with Crippen LogP contribution in [-0.4, -0.2) is 17.8 Å². The summed E-state index contributed by atoms with van der Waals surface area (Å²) < 4.78 is 0.134. The first-order valence-corrected chi connectivity index (χ1v) is 3.94. The lowest BCUT2D eigenvalue weighted by Gasteiger charge is -2.17. The molecule has 0 heterocycles. The summed E-state index contributed by atoms with van der Waals surface area (Å²) in [5.74, 6) is 0. The molecule has 0 aromatic rings. The van der Waals surface area contributed by atoms with E-state index in [4.69, 9.17) is 0 Å². The summed E-state index contributed by atoms with van der Waals surface area (Å²) in [5.41, 5.74) is 0. The highest BCUT2D eigenvalue weighted by Gasteiger charge is 2.08. The van der Waals surface area contributed by atoms with Crippen LogP contribution in [0.3, 0.4) is 0 Å². The van der Waals surface area contributed by atoms with E-state index in [1.54, 1.807) is 0 Å². The van der Waals surface area contributed by atoms with E-state index in [1.807, 2.05) is 0 Å². The normalized spacial score (nSPS) is 12.0. The van der Waals surface area contributed by atoms with Crippen LogP contribution in [0, 0.1) is 0 Å². The second-order valence-electron chi connectivity index (χ2n) is 2.99. The van der Waals surface area contributed by atoms with E-state index in [0.717, 1.165) is 13.1 Å². The molecular formula is C7H17NS. The van der Waals surface area contributed by atoms with E-state index >= 15 is 0 Å². The fourth-order valence-corrected chi connectivity index (χ4v) is 0.683. The van der Waals surface area contributed by atoms with E-state index in [9.17, 15) is 0 Å². The zero-order valence-electron chi connectivity index (χ0n) is 6.57. The first-order valence-electron chi connectivity index (χ1n) is 3.49. The second kappa shape index (κ2) is 4.18. The molecule has 9 heavy (non-hydrogen) atoms. The van der Waals surface area contributed by atoms with Crippen molar-refractivity contribution in [1.29, 1.82) is 0 Å². The maximum Gasteiger partial charge on any atom is 0.0198 e. The van der Waals surface area contributed by atoms with Crippen molar-refractivity contribution in [2.24, 2.45) is 0 Å². The topological polar surface area (TPSA) is 12.0 Å². The van der Waals surface area contributed by atoms with Gasteiger partial charge in [0.2, 0.25) is 0 Å². The number of hydrogen-bond acceptors (Lipinski definition) is 2. The zero-order chi connectivity index (χ0) is 7.33. The first kappa shape index (κ1) is 9.31. The molecule has 0 radical (unpaired) electrons. The van der Waals surface area contributed by atoms with Crippen molar-refractivity contribution in [3.8, 4) is 0 Å². The lowest BCUT2D eigenvalue weighted by atomic mass is 10.2. The van der Waals surface area contributed by atoms with Crippen LogP contribution in [0.4, 0.5) is 0 Å². The molecule has 0 atom stereocenters. The minimum atomic E-state index is 0.134. The van der Waals surface area contributed by atoms with Crippen molar-refractivity contribution in [1.82, 2.24) is 5.32 Å². The van der Waals surface area contributed by atoms with E-state index < -0.39 is 0 Å². The van der Waals surface area contributed by atoms with Gasteiger partial charge in [-0.15, -0.1) is 0 Å². The second-order valence-corrected chi connectivity index (χ2v) is 4.20. The lowest BCUT2D eigenvalue weighted by molar-refractivity contribution is 0.589. The van der Waals surface area contributed by atoms with E-state index in [2.05, 4.69) is 38.7 Å². The highest BCUT2D eigenvalue weighted by molar-refractivity contribution is 7.81. The molecule has 0 aliphatic heterocycles. The molecule has 0 amide bonds. The van der Waals surface area contributed by atoms with Crippen LogP contribution in [0.15, 0.2) is 0 Å². The molecule has 56 valence electrons. The van der Waals surface area contributed by atoms with Gasteiger partial charge in [-0.05, 0) is 26.8 Å². The highest BCUT2D eigenvalue weighted by Crippen LogP contribution is 2.08. The quantitative estimate of drug-likeness (QED) is 0.455. The van der Waals surface area contributed by atoms with Gasteiger partial charge < -0.3 is 5.32 Å². The van der Waals surface area contributed by atoms with Gasteiger partial charge in [-0.1, -0.05) is 6.92 Å². The molecule has 0 unspecified atom stereocenters. The summed E-state index contributed by atoms with van der Waals surface area (Å²) in [6.45, 7) is 8.48. The SMILES string of the molecule is CCCNCC(C)(C)S. The summed E-state index contributed by atoms with van der Waals surface area (Å²) in [7, 11) is 0. The van der Waals surface area contributed by atoms with Gasteiger partial charge in [0, 0.05) is 11.3 Å².